The predicted molar refractivity (Wildman–Crippen MR) is 98.9 cm³/mol. The van der Waals surface area contributed by atoms with Crippen LogP contribution in [0.25, 0.3) is 0 Å². The van der Waals surface area contributed by atoms with E-state index in [1.807, 2.05) is 60.7 Å². The van der Waals surface area contributed by atoms with Gasteiger partial charge >= 0.3 is 162 Å². The maximum atomic E-state index is 13.2. The van der Waals surface area contributed by atoms with Gasteiger partial charge in [-0.1, -0.05) is 0 Å². The molecule has 0 bridgehead atoms. The van der Waals surface area contributed by atoms with Crippen molar-refractivity contribution in [3.63, 3.8) is 0 Å². The summed E-state index contributed by atoms with van der Waals surface area (Å²) in [5, 5.41) is 4.38. The molecule has 1 aliphatic heterocycles. The van der Waals surface area contributed by atoms with Crippen LogP contribution in [-0.2, 0) is 16.0 Å². The number of carbonyl (C=O) groups excluding carboxylic acids is 2. The molecule has 2 N–H and O–H groups in total. The molecule has 0 saturated carbocycles. The molecule has 134 valence electrons. The molecule has 5 rings (SSSR count). The van der Waals surface area contributed by atoms with Crippen molar-refractivity contribution < 1.29 is 9.59 Å². The average molecular weight is 423 g/mol. The van der Waals surface area contributed by atoms with E-state index >= 15 is 0 Å². The van der Waals surface area contributed by atoms with Crippen molar-refractivity contribution in [3.8, 4) is 0 Å². The van der Waals surface area contributed by atoms with Crippen LogP contribution in [-0.4, -0.2) is 35.7 Å². The van der Waals surface area contributed by atoms with Crippen LogP contribution in [0.15, 0.2) is 60.7 Å². The standard InChI is InChI=1S/C20H16N4O2Se/c25-18-20(19(26)23-22-18)14(12-7-3-1-4-8-12)11-15-17(27-24-21-15)16(20)13-9-5-2-6-10-13/h1-10,14,16H,11H2,(H,22,25)(H,23,26). The van der Waals surface area contributed by atoms with E-state index in [9.17, 15) is 9.59 Å². The molecule has 27 heavy (non-hydrogen) atoms. The van der Waals surface area contributed by atoms with E-state index in [4.69, 9.17) is 0 Å². The van der Waals surface area contributed by atoms with E-state index < -0.39 is 5.41 Å². The van der Waals surface area contributed by atoms with Crippen molar-refractivity contribution >= 4 is 26.5 Å². The Labute approximate surface area is 162 Å². The second kappa shape index (κ2) is 6.15. The topological polar surface area (TPSA) is 84.0 Å². The van der Waals surface area contributed by atoms with Crippen molar-refractivity contribution in [3.05, 3.63) is 81.9 Å². The number of amides is 2. The molecule has 2 amide bonds. The van der Waals surface area contributed by atoms with Crippen LogP contribution < -0.4 is 10.9 Å². The molecule has 1 spiro atoms. The van der Waals surface area contributed by atoms with E-state index in [-0.39, 0.29) is 38.4 Å². The van der Waals surface area contributed by atoms with Gasteiger partial charge in [0.25, 0.3) is 0 Å². The first-order valence-corrected chi connectivity index (χ1v) is 10.4. The Morgan fingerprint density at radius 2 is 1.48 bits per heavy atom. The summed E-state index contributed by atoms with van der Waals surface area (Å²) in [4.78, 5) is 26.5. The fourth-order valence-corrected chi connectivity index (χ4v) is 6.32. The zero-order valence-electron chi connectivity index (χ0n) is 14.3. The molecule has 1 aromatic heterocycles. The molecule has 2 heterocycles. The third-order valence-electron chi connectivity index (χ3n) is 5.63. The van der Waals surface area contributed by atoms with Gasteiger partial charge in [0, 0.05) is 0 Å². The molecule has 0 radical (unpaired) electrons. The van der Waals surface area contributed by atoms with Gasteiger partial charge in [-0.15, -0.1) is 0 Å². The molecule has 1 fully saturated rings. The number of nitrogens with one attached hydrogen (secondary N) is 2. The molecule has 1 saturated heterocycles. The van der Waals surface area contributed by atoms with Crippen LogP contribution in [0.3, 0.4) is 0 Å². The molecule has 3 aromatic rings. The Kier molecular flexibility index (Phi) is 3.74. The molecule has 2 unspecified atom stereocenters. The summed E-state index contributed by atoms with van der Waals surface area (Å²) in [6.45, 7) is 0. The number of hydrazine groups is 1. The zero-order valence-corrected chi connectivity index (χ0v) is 16.0. The molecular formula is C20H16N4O2Se. The van der Waals surface area contributed by atoms with Gasteiger partial charge in [-0.25, -0.2) is 0 Å². The van der Waals surface area contributed by atoms with E-state index in [0.29, 0.717) is 6.42 Å². The quantitative estimate of drug-likeness (QED) is 0.479. The summed E-state index contributed by atoms with van der Waals surface area (Å²) in [6.07, 6.45) is 0.536. The molecule has 7 heteroatoms. The van der Waals surface area contributed by atoms with E-state index in [1.54, 1.807) is 0 Å². The fourth-order valence-electron chi connectivity index (χ4n) is 4.47. The van der Waals surface area contributed by atoms with Crippen LogP contribution in [0.2, 0.25) is 0 Å². The van der Waals surface area contributed by atoms with Gasteiger partial charge in [-0.3, -0.25) is 0 Å². The van der Waals surface area contributed by atoms with Gasteiger partial charge in [0.15, 0.2) is 0 Å². The minimum absolute atomic E-state index is 0.201. The van der Waals surface area contributed by atoms with Crippen molar-refractivity contribution in [2.45, 2.75) is 18.3 Å². The summed E-state index contributed by atoms with van der Waals surface area (Å²) < 4.78 is 5.32. The van der Waals surface area contributed by atoms with Gasteiger partial charge in [0.1, 0.15) is 0 Å². The first kappa shape index (κ1) is 16.4. The molecule has 2 aliphatic rings. The number of aromatic nitrogens is 2. The second-order valence-corrected chi connectivity index (χ2v) is 8.52. The Bertz CT molecular complexity index is 1000. The van der Waals surface area contributed by atoms with Gasteiger partial charge in [0.05, 0.1) is 0 Å². The fraction of sp³-hybridized carbons (Fsp3) is 0.200. The molecule has 2 aromatic carbocycles. The summed E-state index contributed by atoms with van der Waals surface area (Å²) in [5.41, 5.74) is 6.79. The second-order valence-electron chi connectivity index (χ2n) is 6.87. The number of rotatable bonds is 2. The van der Waals surface area contributed by atoms with Crippen LogP contribution in [0.1, 0.15) is 33.1 Å². The summed E-state index contributed by atoms with van der Waals surface area (Å²) in [5.74, 6) is -1.22. The Morgan fingerprint density at radius 1 is 0.889 bits per heavy atom. The third kappa shape index (κ3) is 2.25. The van der Waals surface area contributed by atoms with Crippen molar-refractivity contribution in [1.82, 2.24) is 20.0 Å². The van der Waals surface area contributed by atoms with Crippen molar-refractivity contribution in [2.75, 3.05) is 0 Å². The Morgan fingerprint density at radius 3 is 2.11 bits per heavy atom. The van der Waals surface area contributed by atoms with Crippen molar-refractivity contribution in [1.29, 1.82) is 0 Å². The average Bonchev–Trinajstić information content (AvgIpc) is 3.29. The maximum absolute atomic E-state index is 13.2. The van der Waals surface area contributed by atoms with Crippen LogP contribution in [0, 0.1) is 5.41 Å². The monoisotopic (exact) mass is 424 g/mol. The van der Waals surface area contributed by atoms with E-state index in [2.05, 4.69) is 20.0 Å². The molecule has 1 aliphatic carbocycles. The zero-order chi connectivity index (χ0) is 18.4. The van der Waals surface area contributed by atoms with Crippen LogP contribution >= 0.6 is 0 Å². The molecule has 6 nitrogen and oxygen atoms in total. The van der Waals surface area contributed by atoms with Crippen LogP contribution in [0.4, 0.5) is 0 Å². The Hall–Kier alpha value is -2.76. The minimum atomic E-state index is -1.24. The number of hydrogen-bond donors (Lipinski definition) is 2. The molecule has 2 atom stereocenters. The number of hydrogen-bond acceptors (Lipinski definition) is 4. The summed E-state index contributed by atoms with van der Waals surface area (Å²) in [7, 11) is 0. The molecular weight excluding hydrogens is 407 g/mol. The van der Waals surface area contributed by atoms with Gasteiger partial charge in [-0.2, -0.15) is 0 Å². The number of fused-ring (bicyclic) bond motifs is 1. The van der Waals surface area contributed by atoms with Crippen LogP contribution in [0.5, 0.6) is 0 Å². The Balaban J connectivity index is 1.82. The van der Waals surface area contributed by atoms with Crippen molar-refractivity contribution in [2.24, 2.45) is 5.41 Å². The summed E-state index contributed by atoms with van der Waals surface area (Å²) in [6, 6.07) is 19.6. The van der Waals surface area contributed by atoms with Gasteiger partial charge < -0.3 is 0 Å². The SMILES string of the molecule is O=C1NNC(=O)C12C(c1ccccc1)Cc1nn[se]c1C2c1ccccc1. The number of carbonyl (C=O) groups is 2. The van der Waals surface area contributed by atoms with Gasteiger partial charge in [-0.05, 0) is 0 Å². The number of benzene rings is 2. The van der Waals surface area contributed by atoms with E-state index in [1.165, 1.54) is 0 Å². The first-order valence-electron chi connectivity index (χ1n) is 8.75. The third-order valence-corrected chi connectivity index (χ3v) is 7.37. The first-order chi connectivity index (χ1) is 13.2. The van der Waals surface area contributed by atoms with Gasteiger partial charge in [0.2, 0.25) is 0 Å². The van der Waals surface area contributed by atoms with E-state index in [0.717, 1.165) is 21.3 Å². The number of nitrogens with zero attached hydrogens (tertiary/aromatic N) is 2. The summed E-state index contributed by atoms with van der Waals surface area (Å²) >= 11 is -0.201. The normalized spacial score (nSPS) is 23.0. The predicted octanol–water partition coefficient (Wildman–Crippen LogP) is 1.15.